The van der Waals surface area contributed by atoms with Crippen LogP contribution in [-0.4, -0.2) is 21.5 Å². The predicted molar refractivity (Wildman–Crippen MR) is 57.3 cm³/mol. The molecule has 2 rings (SSSR count). The van der Waals surface area contributed by atoms with Crippen LogP contribution in [0.4, 0.5) is 5.82 Å². The van der Waals surface area contributed by atoms with Crippen LogP contribution in [0.25, 0.3) is 11.0 Å². The number of aryl methyl sites for hydroxylation is 1. The summed E-state index contributed by atoms with van der Waals surface area (Å²) in [5.41, 5.74) is 0.865. The van der Waals surface area contributed by atoms with Crippen molar-refractivity contribution in [2.75, 3.05) is 11.9 Å². The van der Waals surface area contributed by atoms with E-state index in [0.29, 0.717) is 6.54 Å². The van der Waals surface area contributed by atoms with Crippen molar-refractivity contribution < 1.29 is 0 Å². The Morgan fingerprint density at radius 2 is 2.43 bits per heavy atom. The summed E-state index contributed by atoms with van der Waals surface area (Å²) in [5.74, 6) is 1.61. The standard InChI is InChI=1S/C10H12N4/c1-3-5-11-9-8-4-6-12-10(8)14-7(2)13-9/h3-4,6H,1,5H2,2H3,(H2,11,12,13,14). The van der Waals surface area contributed by atoms with Gasteiger partial charge in [-0.2, -0.15) is 0 Å². The molecule has 0 unspecified atom stereocenters. The van der Waals surface area contributed by atoms with E-state index in [9.17, 15) is 0 Å². The SMILES string of the molecule is C=CCNc1nc(C)nc2[nH]ccc12. The van der Waals surface area contributed by atoms with Crippen LogP contribution in [0.1, 0.15) is 5.82 Å². The second kappa shape index (κ2) is 3.49. The zero-order valence-electron chi connectivity index (χ0n) is 8.04. The average molecular weight is 188 g/mol. The Kier molecular flexibility index (Phi) is 2.18. The lowest BCUT2D eigenvalue weighted by molar-refractivity contribution is 1.07. The van der Waals surface area contributed by atoms with Crippen LogP contribution >= 0.6 is 0 Å². The van der Waals surface area contributed by atoms with E-state index in [-0.39, 0.29) is 0 Å². The second-order valence-corrected chi connectivity index (χ2v) is 3.03. The molecule has 72 valence electrons. The van der Waals surface area contributed by atoms with E-state index in [1.807, 2.05) is 19.2 Å². The van der Waals surface area contributed by atoms with Crippen molar-refractivity contribution in [3.05, 3.63) is 30.7 Å². The number of nitrogens with zero attached hydrogens (tertiary/aromatic N) is 2. The topological polar surface area (TPSA) is 53.6 Å². The zero-order chi connectivity index (χ0) is 9.97. The van der Waals surface area contributed by atoms with Crippen LogP contribution in [0.5, 0.6) is 0 Å². The second-order valence-electron chi connectivity index (χ2n) is 3.03. The maximum atomic E-state index is 4.32. The van der Waals surface area contributed by atoms with Gasteiger partial charge in [0, 0.05) is 12.7 Å². The summed E-state index contributed by atoms with van der Waals surface area (Å²) in [7, 11) is 0. The predicted octanol–water partition coefficient (Wildman–Crippen LogP) is 1.86. The third kappa shape index (κ3) is 1.46. The molecule has 0 radical (unpaired) electrons. The van der Waals surface area contributed by atoms with Gasteiger partial charge >= 0.3 is 0 Å². The molecule has 0 saturated carbocycles. The minimum atomic E-state index is 0.705. The smallest absolute Gasteiger partial charge is 0.143 e. The highest BCUT2D eigenvalue weighted by Crippen LogP contribution is 2.18. The molecule has 0 aliphatic rings. The van der Waals surface area contributed by atoms with Crippen molar-refractivity contribution in [2.24, 2.45) is 0 Å². The molecule has 14 heavy (non-hydrogen) atoms. The molecule has 0 aliphatic carbocycles. The Hall–Kier alpha value is -1.84. The van der Waals surface area contributed by atoms with Gasteiger partial charge in [-0.3, -0.25) is 0 Å². The van der Waals surface area contributed by atoms with Gasteiger partial charge in [-0.15, -0.1) is 6.58 Å². The van der Waals surface area contributed by atoms with E-state index >= 15 is 0 Å². The van der Waals surface area contributed by atoms with E-state index in [4.69, 9.17) is 0 Å². The molecular formula is C10H12N4. The molecule has 0 spiro atoms. The number of nitrogens with one attached hydrogen (secondary N) is 2. The third-order valence-corrected chi connectivity index (χ3v) is 1.94. The average Bonchev–Trinajstić information content (AvgIpc) is 2.61. The van der Waals surface area contributed by atoms with Crippen molar-refractivity contribution in [3.8, 4) is 0 Å². The number of aromatic nitrogens is 3. The molecule has 4 nitrogen and oxygen atoms in total. The highest BCUT2D eigenvalue weighted by atomic mass is 15.0. The van der Waals surface area contributed by atoms with Gasteiger partial charge in [-0.05, 0) is 13.0 Å². The van der Waals surface area contributed by atoms with Crippen LogP contribution in [0, 0.1) is 6.92 Å². The van der Waals surface area contributed by atoms with Gasteiger partial charge < -0.3 is 10.3 Å². The van der Waals surface area contributed by atoms with Gasteiger partial charge in [0.05, 0.1) is 5.39 Å². The fourth-order valence-corrected chi connectivity index (χ4v) is 1.36. The van der Waals surface area contributed by atoms with Crippen molar-refractivity contribution in [3.63, 3.8) is 0 Å². The van der Waals surface area contributed by atoms with E-state index in [2.05, 4.69) is 26.8 Å². The third-order valence-electron chi connectivity index (χ3n) is 1.94. The molecule has 2 heterocycles. The zero-order valence-corrected chi connectivity index (χ0v) is 8.04. The van der Waals surface area contributed by atoms with E-state index in [0.717, 1.165) is 22.7 Å². The first-order valence-electron chi connectivity index (χ1n) is 4.48. The summed E-state index contributed by atoms with van der Waals surface area (Å²) in [6, 6.07) is 1.96. The molecule has 4 heteroatoms. The summed E-state index contributed by atoms with van der Waals surface area (Å²) >= 11 is 0. The molecule has 0 aliphatic heterocycles. The largest absolute Gasteiger partial charge is 0.366 e. The minimum Gasteiger partial charge on any atom is -0.366 e. The summed E-state index contributed by atoms with van der Waals surface area (Å²) in [6.07, 6.45) is 3.66. The van der Waals surface area contributed by atoms with Gasteiger partial charge in [0.25, 0.3) is 0 Å². The Bertz CT molecular complexity index is 458. The summed E-state index contributed by atoms with van der Waals surface area (Å²) in [5, 5.41) is 4.19. The van der Waals surface area contributed by atoms with Crippen molar-refractivity contribution >= 4 is 16.9 Å². The van der Waals surface area contributed by atoms with Crippen LogP contribution in [0.2, 0.25) is 0 Å². The number of fused-ring (bicyclic) bond motifs is 1. The van der Waals surface area contributed by atoms with Gasteiger partial charge in [0.1, 0.15) is 17.3 Å². The van der Waals surface area contributed by atoms with Gasteiger partial charge in [-0.1, -0.05) is 6.08 Å². The van der Waals surface area contributed by atoms with E-state index in [1.165, 1.54) is 0 Å². The maximum Gasteiger partial charge on any atom is 0.143 e. The van der Waals surface area contributed by atoms with E-state index < -0.39 is 0 Å². The van der Waals surface area contributed by atoms with Crippen molar-refractivity contribution in [1.82, 2.24) is 15.0 Å². The lowest BCUT2D eigenvalue weighted by Crippen LogP contribution is -2.02. The van der Waals surface area contributed by atoms with E-state index in [1.54, 1.807) is 6.08 Å². The lowest BCUT2D eigenvalue weighted by atomic mass is 10.3. The molecule has 2 aromatic heterocycles. The highest BCUT2D eigenvalue weighted by molar-refractivity contribution is 5.86. The molecule has 0 fully saturated rings. The number of hydrogen-bond donors (Lipinski definition) is 2. The molecule has 0 amide bonds. The highest BCUT2D eigenvalue weighted by Gasteiger charge is 2.04. The Morgan fingerprint density at radius 1 is 1.57 bits per heavy atom. The first-order valence-corrected chi connectivity index (χ1v) is 4.48. The Labute approximate surface area is 82.1 Å². The first-order chi connectivity index (χ1) is 6.81. The van der Waals surface area contributed by atoms with Crippen LogP contribution < -0.4 is 5.32 Å². The molecule has 0 atom stereocenters. The summed E-state index contributed by atoms with van der Waals surface area (Å²) < 4.78 is 0. The fraction of sp³-hybridized carbons (Fsp3) is 0.200. The number of aromatic amines is 1. The Morgan fingerprint density at radius 3 is 3.21 bits per heavy atom. The van der Waals surface area contributed by atoms with Crippen LogP contribution in [-0.2, 0) is 0 Å². The number of hydrogen-bond acceptors (Lipinski definition) is 3. The van der Waals surface area contributed by atoms with Crippen LogP contribution in [0.3, 0.4) is 0 Å². The fourth-order valence-electron chi connectivity index (χ4n) is 1.36. The normalized spacial score (nSPS) is 10.4. The quantitative estimate of drug-likeness (QED) is 0.723. The van der Waals surface area contributed by atoms with Gasteiger partial charge in [0.2, 0.25) is 0 Å². The number of anilines is 1. The first kappa shape index (κ1) is 8.74. The molecule has 0 aromatic carbocycles. The summed E-state index contributed by atoms with van der Waals surface area (Å²) in [4.78, 5) is 11.7. The molecular weight excluding hydrogens is 176 g/mol. The maximum absolute atomic E-state index is 4.32. The Balaban J connectivity index is 2.49. The molecule has 2 aromatic rings. The van der Waals surface area contributed by atoms with Crippen LogP contribution in [0.15, 0.2) is 24.9 Å². The monoisotopic (exact) mass is 188 g/mol. The van der Waals surface area contributed by atoms with Crippen molar-refractivity contribution in [2.45, 2.75) is 6.92 Å². The molecule has 0 bridgehead atoms. The summed E-state index contributed by atoms with van der Waals surface area (Å²) in [6.45, 7) is 6.23. The van der Waals surface area contributed by atoms with Gasteiger partial charge in [0.15, 0.2) is 0 Å². The number of rotatable bonds is 3. The number of H-pyrrole nitrogens is 1. The lowest BCUT2D eigenvalue weighted by Gasteiger charge is -2.04. The molecule has 0 saturated heterocycles. The minimum absolute atomic E-state index is 0.705. The molecule has 2 N–H and O–H groups in total. The van der Waals surface area contributed by atoms with Crippen molar-refractivity contribution in [1.29, 1.82) is 0 Å². The van der Waals surface area contributed by atoms with Gasteiger partial charge in [-0.25, -0.2) is 9.97 Å².